The highest BCUT2D eigenvalue weighted by Gasteiger charge is 2.35. The number of hydrazone groups is 1. The van der Waals surface area contributed by atoms with Crippen molar-refractivity contribution in [3.8, 4) is 0 Å². The Balaban J connectivity index is 1.83. The largest absolute Gasteiger partial charge is 0.366 e. The third-order valence-corrected chi connectivity index (χ3v) is 5.49. The number of benzene rings is 1. The lowest BCUT2D eigenvalue weighted by Gasteiger charge is -2.47. The fourth-order valence-corrected chi connectivity index (χ4v) is 4.15. The molecule has 1 aromatic heterocycles. The molecule has 3 rings (SSSR count). The lowest BCUT2D eigenvalue weighted by Crippen LogP contribution is -2.48. The van der Waals surface area contributed by atoms with E-state index in [2.05, 4.69) is 54.2 Å². The number of pyridine rings is 1. The van der Waals surface area contributed by atoms with Crippen molar-refractivity contribution in [1.82, 2.24) is 4.98 Å². The molecule has 1 N–H and O–H groups in total. The number of fused-ring (bicyclic) bond motifs is 1. The SMILES string of the molecule is CCN1c2cc(Cl)c(/C=N\Nc3ccc([N+](=O)[O-])cn3)cc2C(C)CC1(C)C. The molecule has 2 aromatic rings. The van der Waals surface area contributed by atoms with Crippen molar-refractivity contribution in [2.45, 2.75) is 45.6 Å². The van der Waals surface area contributed by atoms with Crippen LogP contribution in [0.1, 0.15) is 51.2 Å². The molecule has 7 nitrogen and oxygen atoms in total. The summed E-state index contributed by atoms with van der Waals surface area (Å²) < 4.78 is 0. The molecule has 1 aliphatic heterocycles. The number of hydrogen-bond donors (Lipinski definition) is 1. The van der Waals surface area contributed by atoms with Gasteiger partial charge in [0.2, 0.25) is 0 Å². The van der Waals surface area contributed by atoms with Gasteiger partial charge in [-0.25, -0.2) is 4.98 Å². The summed E-state index contributed by atoms with van der Waals surface area (Å²) >= 11 is 6.53. The molecule has 1 aliphatic rings. The van der Waals surface area contributed by atoms with Crippen LogP contribution in [0.3, 0.4) is 0 Å². The minimum Gasteiger partial charge on any atom is -0.366 e. The second-order valence-corrected chi connectivity index (χ2v) is 8.03. The zero-order chi connectivity index (χ0) is 20.5. The van der Waals surface area contributed by atoms with E-state index in [1.165, 1.54) is 29.6 Å². The molecule has 1 atom stereocenters. The number of aromatic nitrogens is 1. The Bertz CT molecular complexity index is 912. The molecule has 28 heavy (non-hydrogen) atoms. The van der Waals surface area contributed by atoms with Crippen molar-refractivity contribution in [1.29, 1.82) is 0 Å². The summed E-state index contributed by atoms with van der Waals surface area (Å²) in [6.07, 6.45) is 3.90. The molecular weight excluding hydrogens is 378 g/mol. The lowest BCUT2D eigenvalue weighted by atomic mass is 9.79. The van der Waals surface area contributed by atoms with Crippen LogP contribution in [0.5, 0.6) is 0 Å². The van der Waals surface area contributed by atoms with Crippen LogP contribution in [0.25, 0.3) is 0 Å². The Labute approximate surface area is 169 Å². The number of halogens is 1. The van der Waals surface area contributed by atoms with Gasteiger partial charge in [0.15, 0.2) is 0 Å². The first-order valence-corrected chi connectivity index (χ1v) is 9.61. The molecule has 8 heteroatoms. The standard InChI is InChI=1S/C20H24ClN5O2/c1-5-25-18-9-17(21)14(8-16(18)13(2)10-20(25,3)4)11-23-24-19-7-6-15(12-22-19)26(27)28/h6-9,11-13H,5,10H2,1-4H3,(H,22,24)/b23-11-. The van der Waals surface area contributed by atoms with Gasteiger partial charge in [-0.05, 0) is 56.9 Å². The molecule has 0 amide bonds. The summed E-state index contributed by atoms with van der Waals surface area (Å²) in [7, 11) is 0. The maximum absolute atomic E-state index is 10.7. The van der Waals surface area contributed by atoms with Crippen molar-refractivity contribution >= 4 is 35.0 Å². The van der Waals surface area contributed by atoms with E-state index in [1.807, 2.05) is 6.07 Å². The highest BCUT2D eigenvalue weighted by molar-refractivity contribution is 6.33. The molecule has 0 saturated carbocycles. The van der Waals surface area contributed by atoms with Crippen LogP contribution < -0.4 is 10.3 Å². The van der Waals surface area contributed by atoms with Gasteiger partial charge >= 0.3 is 0 Å². The average Bonchev–Trinajstić information content (AvgIpc) is 2.62. The molecule has 0 radical (unpaired) electrons. The second-order valence-electron chi connectivity index (χ2n) is 7.62. The molecule has 1 aromatic carbocycles. The van der Waals surface area contributed by atoms with Gasteiger partial charge in [-0.1, -0.05) is 18.5 Å². The quantitative estimate of drug-likeness (QED) is 0.422. The maximum atomic E-state index is 10.7. The van der Waals surface area contributed by atoms with Crippen molar-refractivity contribution < 1.29 is 4.92 Å². The van der Waals surface area contributed by atoms with E-state index in [0.29, 0.717) is 16.8 Å². The van der Waals surface area contributed by atoms with E-state index in [4.69, 9.17) is 11.6 Å². The van der Waals surface area contributed by atoms with Gasteiger partial charge in [-0.2, -0.15) is 5.10 Å². The van der Waals surface area contributed by atoms with E-state index < -0.39 is 4.92 Å². The van der Waals surface area contributed by atoms with Gasteiger partial charge in [-0.3, -0.25) is 15.5 Å². The molecule has 0 fully saturated rings. The van der Waals surface area contributed by atoms with Crippen molar-refractivity contribution in [2.24, 2.45) is 5.10 Å². The van der Waals surface area contributed by atoms with Crippen LogP contribution >= 0.6 is 11.6 Å². The first-order chi connectivity index (χ1) is 13.2. The summed E-state index contributed by atoms with van der Waals surface area (Å²) in [6.45, 7) is 9.85. The first-order valence-electron chi connectivity index (χ1n) is 9.23. The van der Waals surface area contributed by atoms with E-state index in [0.717, 1.165) is 18.5 Å². The zero-order valence-electron chi connectivity index (χ0n) is 16.4. The van der Waals surface area contributed by atoms with Gasteiger partial charge in [0, 0.05) is 29.4 Å². The fraction of sp³-hybridized carbons (Fsp3) is 0.400. The third-order valence-electron chi connectivity index (χ3n) is 5.16. The monoisotopic (exact) mass is 401 g/mol. The highest BCUT2D eigenvalue weighted by Crippen LogP contribution is 2.44. The Hall–Kier alpha value is -2.67. The molecular formula is C20H24ClN5O2. The van der Waals surface area contributed by atoms with E-state index >= 15 is 0 Å². The molecule has 2 heterocycles. The minimum atomic E-state index is -0.491. The molecule has 148 valence electrons. The lowest BCUT2D eigenvalue weighted by molar-refractivity contribution is -0.385. The summed E-state index contributed by atoms with van der Waals surface area (Å²) in [5.74, 6) is 0.838. The van der Waals surface area contributed by atoms with E-state index in [1.54, 1.807) is 6.21 Å². The number of nitrogens with one attached hydrogen (secondary N) is 1. The van der Waals surface area contributed by atoms with Crippen molar-refractivity contribution in [3.05, 3.63) is 56.7 Å². The maximum Gasteiger partial charge on any atom is 0.287 e. The Morgan fingerprint density at radius 3 is 2.82 bits per heavy atom. The van der Waals surface area contributed by atoms with Gasteiger partial charge in [0.05, 0.1) is 16.2 Å². The van der Waals surface area contributed by atoms with Crippen molar-refractivity contribution in [2.75, 3.05) is 16.9 Å². The molecule has 0 spiro atoms. The summed E-state index contributed by atoms with van der Waals surface area (Å²) in [5.41, 5.74) is 6.06. The Morgan fingerprint density at radius 1 is 1.46 bits per heavy atom. The number of hydrogen-bond acceptors (Lipinski definition) is 6. The predicted molar refractivity (Wildman–Crippen MR) is 114 cm³/mol. The fourth-order valence-electron chi connectivity index (χ4n) is 3.95. The Morgan fingerprint density at radius 2 is 2.21 bits per heavy atom. The smallest absolute Gasteiger partial charge is 0.287 e. The highest BCUT2D eigenvalue weighted by atomic mass is 35.5. The van der Waals surface area contributed by atoms with E-state index in [9.17, 15) is 10.1 Å². The van der Waals surface area contributed by atoms with Gasteiger partial charge in [0.1, 0.15) is 12.0 Å². The van der Waals surface area contributed by atoms with E-state index in [-0.39, 0.29) is 11.2 Å². The Kier molecular flexibility index (Phi) is 5.56. The summed E-state index contributed by atoms with van der Waals surface area (Å²) in [5, 5.41) is 15.5. The second kappa shape index (κ2) is 7.75. The van der Waals surface area contributed by atoms with Crippen LogP contribution in [0.4, 0.5) is 17.2 Å². The molecule has 0 saturated heterocycles. The van der Waals surface area contributed by atoms with Gasteiger partial charge < -0.3 is 4.90 Å². The predicted octanol–water partition coefficient (Wildman–Crippen LogP) is 5.20. The van der Waals surface area contributed by atoms with Gasteiger partial charge in [0.25, 0.3) is 5.69 Å². The number of nitrogens with zero attached hydrogens (tertiary/aromatic N) is 4. The molecule has 0 aliphatic carbocycles. The van der Waals surface area contributed by atoms with Crippen LogP contribution in [0, 0.1) is 10.1 Å². The zero-order valence-corrected chi connectivity index (χ0v) is 17.2. The summed E-state index contributed by atoms with van der Waals surface area (Å²) in [4.78, 5) is 16.5. The minimum absolute atomic E-state index is 0.0651. The van der Waals surface area contributed by atoms with Crippen LogP contribution in [0.15, 0.2) is 35.6 Å². The van der Waals surface area contributed by atoms with Crippen LogP contribution in [-0.4, -0.2) is 28.2 Å². The van der Waals surface area contributed by atoms with Gasteiger partial charge in [-0.15, -0.1) is 0 Å². The summed E-state index contributed by atoms with van der Waals surface area (Å²) in [6, 6.07) is 6.99. The average molecular weight is 402 g/mol. The number of nitro groups is 1. The molecule has 0 bridgehead atoms. The first kappa shape index (κ1) is 20.1. The van der Waals surface area contributed by atoms with Crippen molar-refractivity contribution in [3.63, 3.8) is 0 Å². The van der Waals surface area contributed by atoms with Crippen LogP contribution in [-0.2, 0) is 0 Å². The van der Waals surface area contributed by atoms with Crippen LogP contribution in [0.2, 0.25) is 5.02 Å². The third kappa shape index (κ3) is 3.94. The normalized spacial score (nSPS) is 18.2. The number of anilines is 2. The topological polar surface area (TPSA) is 83.7 Å². The number of rotatable bonds is 5. The molecule has 1 unspecified atom stereocenters.